The highest BCUT2D eigenvalue weighted by Crippen LogP contribution is 2.19. The predicted molar refractivity (Wildman–Crippen MR) is 77.9 cm³/mol. The molecule has 0 spiro atoms. The van der Waals surface area contributed by atoms with E-state index in [1.54, 1.807) is 36.2 Å². The van der Waals surface area contributed by atoms with Crippen LogP contribution in [0.4, 0.5) is 0 Å². The van der Waals surface area contributed by atoms with Crippen molar-refractivity contribution in [3.05, 3.63) is 35.2 Å². The molecule has 112 valence electrons. The minimum Gasteiger partial charge on any atom is -0.480 e. The van der Waals surface area contributed by atoms with Crippen LogP contribution in [0.25, 0.3) is 11.4 Å². The zero-order valence-corrected chi connectivity index (χ0v) is 12.5. The highest BCUT2D eigenvalue weighted by Gasteiger charge is 2.22. The van der Waals surface area contributed by atoms with Gasteiger partial charge in [0.2, 0.25) is 11.7 Å². The molecule has 0 aliphatic rings. The van der Waals surface area contributed by atoms with Crippen LogP contribution in [0.5, 0.6) is 0 Å². The summed E-state index contributed by atoms with van der Waals surface area (Å²) in [6.07, 6.45) is 0.504. The number of benzene rings is 1. The van der Waals surface area contributed by atoms with Gasteiger partial charge in [-0.25, -0.2) is 0 Å². The first-order chi connectivity index (χ1) is 10.0. The van der Waals surface area contributed by atoms with Crippen LogP contribution in [0.1, 0.15) is 19.2 Å². The SMILES string of the molecule is CCC(C(=O)O)N(C)Cc1nc(-c2ccc(Cl)cc2)no1. The van der Waals surface area contributed by atoms with Crippen molar-refractivity contribution in [3.8, 4) is 11.4 Å². The molecule has 2 rings (SSSR count). The second-order valence-corrected chi connectivity index (χ2v) is 5.13. The molecule has 1 heterocycles. The molecule has 2 aromatic rings. The molecule has 1 aromatic carbocycles. The number of aliphatic carboxylic acids is 1. The van der Waals surface area contributed by atoms with Gasteiger partial charge in [0.05, 0.1) is 6.54 Å². The number of carbonyl (C=O) groups is 1. The average molecular weight is 310 g/mol. The van der Waals surface area contributed by atoms with Crippen LogP contribution in [0, 0.1) is 0 Å². The summed E-state index contributed by atoms with van der Waals surface area (Å²) >= 11 is 5.83. The lowest BCUT2D eigenvalue weighted by molar-refractivity contribution is -0.143. The topological polar surface area (TPSA) is 79.5 Å². The van der Waals surface area contributed by atoms with E-state index in [1.165, 1.54) is 0 Å². The van der Waals surface area contributed by atoms with Crippen molar-refractivity contribution in [2.24, 2.45) is 0 Å². The summed E-state index contributed by atoms with van der Waals surface area (Å²) in [5.74, 6) is -0.0296. The number of hydrogen-bond donors (Lipinski definition) is 1. The van der Waals surface area contributed by atoms with Crippen LogP contribution in [0.15, 0.2) is 28.8 Å². The summed E-state index contributed by atoms with van der Waals surface area (Å²) in [6, 6.07) is 6.52. The van der Waals surface area contributed by atoms with Gasteiger partial charge in [0.15, 0.2) is 0 Å². The predicted octanol–water partition coefficient (Wildman–Crippen LogP) is 2.69. The van der Waals surface area contributed by atoms with Crippen molar-refractivity contribution >= 4 is 17.6 Å². The number of rotatable bonds is 6. The third kappa shape index (κ3) is 3.80. The normalized spacial score (nSPS) is 12.6. The zero-order valence-electron chi connectivity index (χ0n) is 11.8. The lowest BCUT2D eigenvalue weighted by Crippen LogP contribution is -2.37. The van der Waals surface area contributed by atoms with Gasteiger partial charge in [-0.15, -0.1) is 0 Å². The number of hydrogen-bond acceptors (Lipinski definition) is 5. The minimum atomic E-state index is -0.863. The smallest absolute Gasteiger partial charge is 0.320 e. The fourth-order valence-corrected chi connectivity index (χ4v) is 2.16. The van der Waals surface area contributed by atoms with Gasteiger partial charge in [-0.2, -0.15) is 4.98 Å². The maximum Gasteiger partial charge on any atom is 0.320 e. The molecule has 0 aliphatic heterocycles. The second kappa shape index (κ2) is 6.69. The molecule has 6 nitrogen and oxygen atoms in total. The zero-order chi connectivity index (χ0) is 15.4. The maximum atomic E-state index is 11.1. The fourth-order valence-electron chi connectivity index (χ4n) is 2.03. The van der Waals surface area contributed by atoms with E-state index in [1.807, 2.05) is 6.92 Å². The van der Waals surface area contributed by atoms with E-state index in [2.05, 4.69) is 10.1 Å². The second-order valence-electron chi connectivity index (χ2n) is 4.70. The van der Waals surface area contributed by atoms with E-state index in [0.29, 0.717) is 23.2 Å². The Morgan fingerprint density at radius 1 is 1.43 bits per heavy atom. The Morgan fingerprint density at radius 3 is 2.67 bits per heavy atom. The Hall–Kier alpha value is -1.92. The number of halogens is 1. The van der Waals surface area contributed by atoms with Gasteiger partial charge in [-0.05, 0) is 37.7 Å². The fraction of sp³-hybridized carbons (Fsp3) is 0.357. The Bertz CT molecular complexity index is 612. The average Bonchev–Trinajstić information content (AvgIpc) is 2.88. The summed E-state index contributed by atoms with van der Waals surface area (Å²) in [5, 5.41) is 13.6. The maximum absolute atomic E-state index is 11.1. The molecule has 0 saturated carbocycles. The largest absolute Gasteiger partial charge is 0.480 e. The van der Waals surface area contributed by atoms with Crippen LogP contribution in [0.3, 0.4) is 0 Å². The van der Waals surface area contributed by atoms with Crippen molar-refractivity contribution in [1.82, 2.24) is 15.0 Å². The first-order valence-corrected chi connectivity index (χ1v) is 6.90. The van der Waals surface area contributed by atoms with Crippen LogP contribution in [-0.4, -0.2) is 39.2 Å². The number of carboxylic acids is 1. The molecule has 0 amide bonds. The third-order valence-corrected chi connectivity index (χ3v) is 3.41. The Kier molecular flexibility index (Phi) is 4.93. The number of aromatic nitrogens is 2. The first kappa shape index (κ1) is 15.5. The van der Waals surface area contributed by atoms with E-state index in [4.69, 9.17) is 21.2 Å². The summed E-state index contributed by atoms with van der Waals surface area (Å²) in [5.41, 5.74) is 0.794. The van der Waals surface area contributed by atoms with E-state index in [9.17, 15) is 4.79 Å². The van der Waals surface area contributed by atoms with Crippen LogP contribution >= 0.6 is 11.6 Å². The molecule has 0 saturated heterocycles. The molecule has 0 aliphatic carbocycles. The molecule has 0 fully saturated rings. The van der Waals surface area contributed by atoms with Crippen molar-refractivity contribution in [2.45, 2.75) is 25.9 Å². The minimum absolute atomic E-state index is 0.283. The number of likely N-dealkylation sites (N-methyl/N-ethyl adjacent to an activating group) is 1. The molecular formula is C14H16ClN3O3. The molecule has 1 N–H and O–H groups in total. The van der Waals surface area contributed by atoms with E-state index >= 15 is 0 Å². The molecule has 1 atom stereocenters. The van der Waals surface area contributed by atoms with Crippen LogP contribution < -0.4 is 0 Å². The molecule has 1 aromatic heterocycles. The lowest BCUT2D eigenvalue weighted by Gasteiger charge is -2.21. The number of nitrogens with zero attached hydrogens (tertiary/aromatic N) is 3. The summed E-state index contributed by atoms with van der Waals surface area (Å²) in [4.78, 5) is 17.0. The van der Waals surface area contributed by atoms with Gasteiger partial charge in [0.25, 0.3) is 0 Å². The van der Waals surface area contributed by atoms with Crippen molar-refractivity contribution < 1.29 is 14.4 Å². The highest BCUT2D eigenvalue weighted by atomic mass is 35.5. The molecule has 7 heteroatoms. The van der Waals surface area contributed by atoms with E-state index in [0.717, 1.165) is 5.56 Å². The van der Waals surface area contributed by atoms with Crippen molar-refractivity contribution in [3.63, 3.8) is 0 Å². The molecule has 0 bridgehead atoms. The number of carboxylic acid groups (broad SMARTS) is 1. The van der Waals surface area contributed by atoms with Gasteiger partial charge in [0, 0.05) is 10.6 Å². The summed E-state index contributed by atoms with van der Waals surface area (Å²) < 4.78 is 5.17. The third-order valence-electron chi connectivity index (χ3n) is 3.16. The van der Waals surface area contributed by atoms with Gasteiger partial charge in [0.1, 0.15) is 6.04 Å². The van der Waals surface area contributed by atoms with Gasteiger partial charge in [-0.3, -0.25) is 9.69 Å². The van der Waals surface area contributed by atoms with E-state index < -0.39 is 12.0 Å². The van der Waals surface area contributed by atoms with Crippen LogP contribution in [0.2, 0.25) is 5.02 Å². The Balaban J connectivity index is 2.09. The standard InChI is InChI=1S/C14H16ClN3O3/c1-3-11(14(19)20)18(2)8-12-16-13(17-21-12)9-4-6-10(15)7-5-9/h4-7,11H,3,8H2,1-2H3,(H,19,20). The van der Waals surface area contributed by atoms with Gasteiger partial charge >= 0.3 is 5.97 Å². The molecular weight excluding hydrogens is 294 g/mol. The Morgan fingerprint density at radius 2 is 2.10 bits per heavy atom. The monoisotopic (exact) mass is 309 g/mol. The highest BCUT2D eigenvalue weighted by molar-refractivity contribution is 6.30. The van der Waals surface area contributed by atoms with Crippen molar-refractivity contribution in [2.75, 3.05) is 7.05 Å². The summed E-state index contributed by atoms with van der Waals surface area (Å²) in [7, 11) is 1.72. The summed E-state index contributed by atoms with van der Waals surface area (Å²) in [6.45, 7) is 2.10. The van der Waals surface area contributed by atoms with E-state index in [-0.39, 0.29) is 6.54 Å². The quantitative estimate of drug-likeness (QED) is 0.883. The van der Waals surface area contributed by atoms with Gasteiger partial charge < -0.3 is 9.63 Å². The molecule has 0 radical (unpaired) electrons. The Labute approximate surface area is 127 Å². The lowest BCUT2D eigenvalue weighted by atomic mass is 10.2. The van der Waals surface area contributed by atoms with Crippen molar-refractivity contribution in [1.29, 1.82) is 0 Å². The van der Waals surface area contributed by atoms with Gasteiger partial charge in [-0.1, -0.05) is 23.7 Å². The molecule has 21 heavy (non-hydrogen) atoms. The molecule has 1 unspecified atom stereocenters. The van der Waals surface area contributed by atoms with Crippen LogP contribution in [-0.2, 0) is 11.3 Å². The first-order valence-electron chi connectivity index (χ1n) is 6.52.